The number of aromatic nitrogens is 2. The lowest BCUT2D eigenvalue weighted by atomic mass is 10.1. The molecule has 28 heavy (non-hydrogen) atoms. The van der Waals surface area contributed by atoms with Crippen molar-refractivity contribution in [1.82, 2.24) is 9.78 Å². The molecule has 1 N–H and O–H groups in total. The van der Waals surface area contributed by atoms with E-state index in [9.17, 15) is 9.59 Å². The van der Waals surface area contributed by atoms with Gasteiger partial charge in [-0.2, -0.15) is 5.10 Å². The van der Waals surface area contributed by atoms with Crippen molar-refractivity contribution in [3.63, 3.8) is 0 Å². The van der Waals surface area contributed by atoms with Crippen LogP contribution in [0.3, 0.4) is 0 Å². The Morgan fingerprint density at radius 3 is 2.39 bits per heavy atom. The minimum atomic E-state index is -0.420. The van der Waals surface area contributed by atoms with E-state index in [0.717, 1.165) is 16.0 Å². The van der Waals surface area contributed by atoms with Gasteiger partial charge in [-0.3, -0.25) is 9.59 Å². The van der Waals surface area contributed by atoms with Crippen LogP contribution in [0, 0.1) is 0 Å². The molecule has 0 spiro atoms. The van der Waals surface area contributed by atoms with Crippen LogP contribution >= 0.6 is 23.2 Å². The fraction of sp³-hybridized carbons (Fsp3) is 0.150. The maximum Gasteiger partial charge on any atom is 0.267 e. The van der Waals surface area contributed by atoms with Gasteiger partial charge in [-0.1, -0.05) is 23.2 Å². The number of rotatable bonds is 6. The second kappa shape index (κ2) is 8.91. The molecule has 1 amide bonds. The molecule has 0 fully saturated rings. The first-order valence-electron chi connectivity index (χ1n) is 8.52. The second-order valence-electron chi connectivity index (χ2n) is 5.88. The third-order valence-corrected chi connectivity index (χ3v) is 4.20. The highest BCUT2D eigenvalue weighted by molar-refractivity contribution is 6.35. The Morgan fingerprint density at radius 2 is 1.75 bits per heavy atom. The number of hydrogen-bond acceptors (Lipinski definition) is 4. The smallest absolute Gasteiger partial charge is 0.267 e. The standard InChI is InChI=1S/C20H17Cl2N3O3/c1-2-28-17-5-3-13(4-6-17)18-7-8-20(27)25(24-18)12-19(26)23-16-10-14(21)9-15(22)11-16/h3-11H,2,12H2,1H3,(H,23,26). The summed E-state index contributed by atoms with van der Waals surface area (Å²) in [6.07, 6.45) is 0. The molecule has 0 aliphatic carbocycles. The van der Waals surface area contributed by atoms with Gasteiger partial charge >= 0.3 is 0 Å². The third-order valence-electron chi connectivity index (χ3n) is 3.77. The highest BCUT2D eigenvalue weighted by Gasteiger charge is 2.09. The molecule has 0 unspecified atom stereocenters. The molecule has 2 aromatic carbocycles. The molecule has 3 aromatic rings. The molecule has 0 bridgehead atoms. The molecule has 8 heteroatoms. The van der Waals surface area contributed by atoms with Crippen LogP contribution in [0.15, 0.2) is 59.4 Å². The summed E-state index contributed by atoms with van der Waals surface area (Å²) in [5, 5.41) is 7.74. The summed E-state index contributed by atoms with van der Waals surface area (Å²) >= 11 is 11.9. The minimum absolute atomic E-state index is 0.242. The van der Waals surface area contributed by atoms with E-state index >= 15 is 0 Å². The SMILES string of the molecule is CCOc1ccc(-c2ccc(=O)n(CC(=O)Nc3cc(Cl)cc(Cl)c3)n2)cc1. The predicted molar refractivity (Wildman–Crippen MR) is 110 cm³/mol. The number of hydrogen-bond donors (Lipinski definition) is 1. The van der Waals surface area contributed by atoms with Gasteiger partial charge in [0.2, 0.25) is 5.91 Å². The Labute approximate surface area is 171 Å². The summed E-state index contributed by atoms with van der Waals surface area (Å²) in [5.74, 6) is 0.330. The average Bonchev–Trinajstić information content (AvgIpc) is 2.63. The van der Waals surface area contributed by atoms with E-state index < -0.39 is 5.91 Å². The Morgan fingerprint density at radius 1 is 1.07 bits per heavy atom. The first-order valence-corrected chi connectivity index (χ1v) is 9.27. The van der Waals surface area contributed by atoms with Gasteiger partial charge in [0, 0.05) is 27.4 Å². The summed E-state index contributed by atoms with van der Waals surface area (Å²) in [6, 6.07) is 15.0. The van der Waals surface area contributed by atoms with Gasteiger partial charge in [-0.15, -0.1) is 0 Å². The number of halogens is 2. The Hall–Kier alpha value is -2.83. The summed E-state index contributed by atoms with van der Waals surface area (Å²) < 4.78 is 6.52. The number of nitrogens with one attached hydrogen (secondary N) is 1. The molecular formula is C20H17Cl2N3O3. The number of nitrogens with zero attached hydrogens (tertiary/aromatic N) is 2. The van der Waals surface area contributed by atoms with Crippen molar-refractivity contribution in [3.8, 4) is 17.0 Å². The van der Waals surface area contributed by atoms with E-state index in [4.69, 9.17) is 27.9 Å². The first kappa shape index (κ1) is 19.9. The number of carbonyl (C=O) groups is 1. The van der Waals surface area contributed by atoms with Crippen molar-refractivity contribution < 1.29 is 9.53 Å². The zero-order valence-electron chi connectivity index (χ0n) is 15.0. The third kappa shape index (κ3) is 5.12. The van der Waals surface area contributed by atoms with Crippen molar-refractivity contribution in [2.45, 2.75) is 13.5 Å². The lowest BCUT2D eigenvalue weighted by molar-refractivity contribution is -0.117. The van der Waals surface area contributed by atoms with Crippen molar-refractivity contribution >= 4 is 34.8 Å². The molecule has 0 radical (unpaired) electrons. The van der Waals surface area contributed by atoms with Crippen LogP contribution in [0.4, 0.5) is 5.69 Å². The van der Waals surface area contributed by atoms with Gasteiger partial charge in [0.1, 0.15) is 12.3 Å². The van der Waals surface area contributed by atoms with Crippen LogP contribution in [-0.4, -0.2) is 22.3 Å². The van der Waals surface area contributed by atoms with Crippen LogP contribution in [0.25, 0.3) is 11.3 Å². The summed E-state index contributed by atoms with van der Waals surface area (Å²) in [7, 11) is 0. The normalized spacial score (nSPS) is 10.5. The van der Waals surface area contributed by atoms with E-state index in [1.165, 1.54) is 6.07 Å². The zero-order chi connectivity index (χ0) is 20.1. The Balaban J connectivity index is 1.77. The van der Waals surface area contributed by atoms with Crippen LogP contribution in [0.5, 0.6) is 5.75 Å². The van der Waals surface area contributed by atoms with Crippen molar-refractivity contribution in [1.29, 1.82) is 0 Å². The summed E-state index contributed by atoms with van der Waals surface area (Å²) in [5.41, 5.74) is 1.44. The monoisotopic (exact) mass is 417 g/mol. The maximum absolute atomic E-state index is 12.3. The van der Waals surface area contributed by atoms with Crippen LogP contribution in [-0.2, 0) is 11.3 Å². The van der Waals surface area contributed by atoms with Gasteiger partial charge in [0.15, 0.2) is 0 Å². The number of amides is 1. The summed E-state index contributed by atoms with van der Waals surface area (Å²) in [6.45, 7) is 2.25. The van der Waals surface area contributed by atoms with Crippen molar-refractivity contribution in [2.24, 2.45) is 0 Å². The fourth-order valence-electron chi connectivity index (χ4n) is 2.57. The topological polar surface area (TPSA) is 73.2 Å². The van der Waals surface area contributed by atoms with Gasteiger partial charge < -0.3 is 10.1 Å². The number of anilines is 1. The van der Waals surface area contributed by atoms with Crippen LogP contribution in [0.2, 0.25) is 10.0 Å². The molecule has 1 aromatic heterocycles. The lowest BCUT2D eigenvalue weighted by Gasteiger charge is -2.09. The molecule has 3 rings (SSSR count). The van der Waals surface area contributed by atoms with Crippen LogP contribution < -0.4 is 15.6 Å². The van der Waals surface area contributed by atoms with Gasteiger partial charge in [0.25, 0.3) is 5.56 Å². The maximum atomic E-state index is 12.3. The molecule has 0 aliphatic heterocycles. The van der Waals surface area contributed by atoms with E-state index in [2.05, 4.69) is 10.4 Å². The summed E-state index contributed by atoms with van der Waals surface area (Å²) in [4.78, 5) is 24.4. The largest absolute Gasteiger partial charge is 0.494 e. The van der Waals surface area contributed by atoms with E-state index in [0.29, 0.717) is 28.0 Å². The number of benzene rings is 2. The Bertz CT molecular complexity index is 1030. The van der Waals surface area contributed by atoms with Gasteiger partial charge in [0.05, 0.1) is 12.3 Å². The Kier molecular flexibility index (Phi) is 6.34. The van der Waals surface area contributed by atoms with Crippen molar-refractivity contribution in [3.05, 3.63) is 75.0 Å². The molecule has 0 saturated carbocycles. The molecule has 0 saturated heterocycles. The van der Waals surface area contributed by atoms with Gasteiger partial charge in [-0.25, -0.2) is 4.68 Å². The zero-order valence-corrected chi connectivity index (χ0v) is 16.5. The molecule has 0 aliphatic rings. The minimum Gasteiger partial charge on any atom is -0.494 e. The van der Waals surface area contributed by atoms with Crippen LogP contribution in [0.1, 0.15) is 6.92 Å². The highest BCUT2D eigenvalue weighted by Crippen LogP contribution is 2.22. The predicted octanol–water partition coefficient (Wildman–Crippen LogP) is 4.25. The quantitative estimate of drug-likeness (QED) is 0.650. The molecule has 0 atom stereocenters. The first-order chi connectivity index (χ1) is 13.4. The van der Waals surface area contributed by atoms with E-state index in [1.807, 2.05) is 31.2 Å². The molecule has 6 nitrogen and oxygen atoms in total. The number of carbonyl (C=O) groups excluding carboxylic acids is 1. The number of ether oxygens (including phenoxy) is 1. The lowest BCUT2D eigenvalue weighted by Crippen LogP contribution is -2.29. The molecule has 144 valence electrons. The van der Waals surface area contributed by atoms with E-state index in [-0.39, 0.29) is 12.1 Å². The second-order valence-corrected chi connectivity index (χ2v) is 6.75. The average molecular weight is 418 g/mol. The van der Waals surface area contributed by atoms with E-state index in [1.54, 1.807) is 24.3 Å². The van der Waals surface area contributed by atoms with Crippen molar-refractivity contribution in [2.75, 3.05) is 11.9 Å². The molecule has 1 heterocycles. The van der Waals surface area contributed by atoms with Gasteiger partial charge in [-0.05, 0) is 55.5 Å². The highest BCUT2D eigenvalue weighted by atomic mass is 35.5. The molecular weight excluding hydrogens is 401 g/mol. The fourth-order valence-corrected chi connectivity index (χ4v) is 3.09.